The molecule has 5 rings (SSSR count). The van der Waals surface area contributed by atoms with E-state index in [0.29, 0.717) is 59.5 Å². The molecule has 1 aliphatic rings. The van der Waals surface area contributed by atoms with Crippen molar-refractivity contribution in [3.8, 4) is 23.6 Å². The van der Waals surface area contributed by atoms with Crippen molar-refractivity contribution >= 4 is 23.0 Å². The molecule has 12 heteroatoms. The van der Waals surface area contributed by atoms with Crippen LogP contribution in [0.15, 0.2) is 36.9 Å². The van der Waals surface area contributed by atoms with Crippen molar-refractivity contribution in [2.75, 3.05) is 5.32 Å². The second-order valence-corrected chi connectivity index (χ2v) is 9.32. The number of pyridine rings is 2. The molecular formula is C25H24N10O2. The number of carbonyl (C=O) groups is 1. The molecule has 1 atom stereocenters. The van der Waals surface area contributed by atoms with E-state index in [2.05, 4.69) is 42.8 Å². The summed E-state index contributed by atoms with van der Waals surface area (Å²) in [6.45, 7) is 1.74. The molecule has 12 nitrogen and oxygen atoms in total. The van der Waals surface area contributed by atoms with E-state index in [-0.39, 0.29) is 12.3 Å². The third-order valence-corrected chi connectivity index (χ3v) is 6.74. The molecule has 4 heterocycles. The number of aromatic nitrogens is 7. The monoisotopic (exact) mass is 496 g/mol. The highest BCUT2D eigenvalue weighted by atomic mass is 16.3. The van der Waals surface area contributed by atoms with Gasteiger partial charge in [-0.3, -0.25) is 0 Å². The van der Waals surface area contributed by atoms with Crippen LogP contribution in [0.2, 0.25) is 0 Å². The van der Waals surface area contributed by atoms with Gasteiger partial charge in [0.05, 0.1) is 47.2 Å². The number of aldehydes is 1. The number of anilines is 1. The number of nitrogens with zero attached hydrogens (tertiary/aromatic N) is 9. The van der Waals surface area contributed by atoms with Crippen LogP contribution in [0.25, 0.3) is 22.5 Å². The first-order chi connectivity index (χ1) is 17.9. The van der Waals surface area contributed by atoms with Crippen molar-refractivity contribution in [3.63, 3.8) is 0 Å². The van der Waals surface area contributed by atoms with Crippen molar-refractivity contribution in [1.29, 1.82) is 10.5 Å². The third-order valence-electron chi connectivity index (χ3n) is 6.74. The molecule has 1 fully saturated rings. The Morgan fingerprint density at radius 2 is 2.05 bits per heavy atom. The van der Waals surface area contributed by atoms with Crippen molar-refractivity contribution in [2.24, 2.45) is 0 Å². The highest BCUT2D eigenvalue weighted by Gasteiger charge is 2.34. The summed E-state index contributed by atoms with van der Waals surface area (Å²) in [5.74, 6) is 0.604. The van der Waals surface area contributed by atoms with Crippen LogP contribution in [0.4, 0.5) is 5.69 Å². The molecule has 0 unspecified atom stereocenters. The van der Waals surface area contributed by atoms with Gasteiger partial charge in [0.1, 0.15) is 24.1 Å². The number of nitriles is 2. The summed E-state index contributed by atoms with van der Waals surface area (Å²) in [5, 5.41) is 46.0. The Hall–Kier alpha value is -4.68. The molecule has 1 aliphatic carbocycles. The van der Waals surface area contributed by atoms with Crippen molar-refractivity contribution in [2.45, 2.75) is 56.6 Å². The van der Waals surface area contributed by atoms with Crippen LogP contribution in [-0.2, 0) is 4.79 Å². The normalized spacial score (nSPS) is 20.2. The Morgan fingerprint density at radius 3 is 2.78 bits per heavy atom. The maximum atomic E-state index is 10.9. The minimum Gasteiger partial charge on any atom is -0.389 e. The van der Waals surface area contributed by atoms with Gasteiger partial charge in [-0.2, -0.15) is 20.3 Å². The number of fused-ring (bicyclic) bond motifs is 1. The molecule has 0 spiro atoms. The molecule has 1 saturated carbocycles. The van der Waals surface area contributed by atoms with Gasteiger partial charge in [0.25, 0.3) is 0 Å². The Bertz CT molecular complexity index is 1540. The van der Waals surface area contributed by atoms with Crippen LogP contribution in [-0.4, -0.2) is 57.8 Å². The third kappa shape index (κ3) is 4.75. The minimum absolute atomic E-state index is 0.127. The molecule has 37 heavy (non-hydrogen) atoms. The van der Waals surface area contributed by atoms with Crippen molar-refractivity contribution in [1.82, 2.24) is 34.7 Å². The highest BCUT2D eigenvalue weighted by molar-refractivity contribution is 5.77. The Balaban J connectivity index is 1.46. The van der Waals surface area contributed by atoms with Gasteiger partial charge in [0.2, 0.25) is 0 Å². The number of carbonyl (C=O) groups excluding carboxylic acids is 1. The maximum Gasteiger partial charge on any atom is 0.164 e. The van der Waals surface area contributed by atoms with Gasteiger partial charge in [-0.05, 0) is 38.7 Å². The van der Waals surface area contributed by atoms with Gasteiger partial charge < -0.3 is 15.2 Å². The van der Waals surface area contributed by atoms with Gasteiger partial charge >= 0.3 is 0 Å². The summed E-state index contributed by atoms with van der Waals surface area (Å²) >= 11 is 0. The fourth-order valence-electron chi connectivity index (χ4n) is 4.66. The molecule has 0 amide bonds. The quantitative estimate of drug-likeness (QED) is 0.362. The van der Waals surface area contributed by atoms with Crippen molar-refractivity contribution in [3.05, 3.63) is 48.2 Å². The van der Waals surface area contributed by atoms with E-state index < -0.39 is 11.6 Å². The molecule has 186 valence electrons. The number of hydrogen-bond acceptors (Lipinski definition) is 10. The van der Waals surface area contributed by atoms with Crippen LogP contribution >= 0.6 is 0 Å². The van der Waals surface area contributed by atoms with Gasteiger partial charge in [-0.1, -0.05) is 5.21 Å². The number of rotatable bonds is 7. The Labute approximate surface area is 212 Å². The maximum absolute atomic E-state index is 10.9. The Kier molecular flexibility index (Phi) is 6.34. The molecule has 0 bridgehead atoms. The molecule has 0 aliphatic heterocycles. The van der Waals surface area contributed by atoms with Crippen LogP contribution in [0, 0.1) is 22.7 Å². The standard InChI is InChI=1S/C25H24N10O2/c1-16(10-26)31-20-9-23(35-24-19(13-30-35)8-17(11-27)12-29-24)28-14-22(20)34-15-21(32-33-34)18-2-4-25(37,5-3-18)6-7-36/h7-9,12-16,18,37H,2-6H2,1H3,(H,28,31)/t16-,18?,25?/m1/s1. The first kappa shape index (κ1) is 24.0. The van der Waals surface area contributed by atoms with E-state index in [4.69, 9.17) is 5.26 Å². The molecule has 0 saturated heterocycles. The zero-order valence-corrected chi connectivity index (χ0v) is 20.1. The van der Waals surface area contributed by atoms with E-state index in [1.807, 2.05) is 6.20 Å². The second-order valence-electron chi connectivity index (χ2n) is 9.32. The SMILES string of the molecule is C[C@H](C#N)Nc1cc(-n2ncc3cc(C#N)cnc32)ncc1-n1cc(C2CCC(O)(CC=O)CC2)nn1. The summed E-state index contributed by atoms with van der Waals surface area (Å²) in [6, 6.07) is 7.22. The van der Waals surface area contributed by atoms with E-state index in [9.17, 15) is 15.2 Å². The van der Waals surface area contributed by atoms with Crippen LogP contribution in [0.3, 0.4) is 0 Å². The molecular weight excluding hydrogens is 472 g/mol. The fourth-order valence-corrected chi connectivity index (χ4v) is 4.66. The van der Waals surface area contributed by atoms with E-state index in [0.717, 1.165) is 12.0 Å². The molecule has 4 aromatic heterocycles. The predicted octanol–water partition coefficient (Wildman–Crippen LogP) is 2.57. The lowest BCUT2D eigenvalue weighted by molar-refractivity contribution is -0.113. The average Bonchev–Trinajstić information content (AvgIpc) is 3.56. The lowest BCUT2D eigenvalue weighted by Gasteiger charge is -2.34. The molecule has 0 radical (unpaired) electrons. The summed E-state index contributed by atoms with van der Waals surface area (Å²) < 4.78 is 3.18. The van der Waals surface area contributed by atoms with Gasteiger partial charge in [0, 0.05) is 30.0 Å². The minimum atomic E-state index is -0.930. The Morgan fingerprint density at radius 1 is 1.24 bits per heavy atom. The lowest BCUT2D eigenvalue weighted by atomic mass is 9.76. The molecule has 0 aromatic carbocycles. The zero-order valence-electron chi connectivity index (χ0n) is 20.1. The summed E-state index contributed by atoms with van der Waals surface area (Å²) in [7, 11) is 0. The van der Waals surface area contributed by atoms with Gasteiger partial charge in [-0.15, -0.1) is 5.10 Å². The number of hydrogen-bond donors (Lipinski definition) is 2. The second kappa shape index (κ2) is 9.76. The van der Waals surface area contributed by atoms with E-state index >= 15 is 0 Å². The molecule has 2 N–H and O–H groups in total. The summed E-state index contributed by atoms with van der Waals surface area (Å²) in [5.41, 5.74) is 2.07. The largest absolute Gasteiger partial charge is 0.389 e. The lowest BCUT2D eigenvalue weighted by Crippen LogP contribution is -2.33. The summed E-state index contributed by atoms with van der Waals surface area (Å²) in [6.07, 6.45) is 9.98. The van der Waals surface area contributed by atoms with Gasteiger partial charge in [-0.25, -0.2) is 14.6 Å². The smallest absolute Gasteiger partial charge is 0.164 e. The van der Waals surface area contributed by atoms with E-state index in [1.165, 1.54) is 6.20 Å². The molecule has 4 aromatic rings. The number of nitrogens with one attached hydrogen (secondary N) is 1. The first-order valence-electron chi connectivity index (χ1n) is 11.9. The van der Waals surface area contributed by atoms with Crippen LogP contribution < -0.4 is 5.32 Å². The van der Waals surface area contributed by atoms with Crippen LogP contribution in [0.1, 0.15) is 56.2 Å². The number of aliphatic hydroxyl groups is 1. The average molecular weight is 497 g/mol. The predicted molar refractivity (Wildman–Crippen MR) is 132 cm³/mol. The summed E-state index contributed by atoms with van der Waals surface area (Å²) in [4.78, 5) is 19.8. The van der Waals surface area contributed by atoms with Crippen molar-refractivity contribution < 1.29 is 9.90 Å². The zero-order chi connectivity index (χ0) is 26.0. The highest BCUT2D eigenvalue weighted by Crippen LogP contribution is 2.38. The van der Waals surface area contributed by atoms with E-state index in [1.54, 1.807) is 40.8 Å². The van der Waals surface area contributed by atoms with Gasteiger partial charge in [0.15, 0.2) is 11.5 Å². The first-order valence-corrected chi connectivity index (χ1v) is 11.9. The topological polar surface area (TPSA) is 171 Å². The van der Waals surface area contributed by atoms with Crippen LogP contribution in [0.5, 0.6) is 0 Å². The fraction of sp³-hybridized carbons (Fsp3) is 0.360.